The molecule has 3 unspecified atom stereocenters. The number of rotatable bonds is 6. The number of carbonyl (C=O) groups excluding carboxylic acids is 2. The minimum absolute atomic E-state index is 0.0231. The van der Waals surface area contributed by atoms with E-state index >= 15 is 0 Å². The zero-order valence-corrected chi connectivity index (χ0v) is 24.2. The number of fused-ring (bicyclic) bond motifs is 2. The first kappa shape index (κ1) is 28.3. The van der Waals surface area contributed by atoms with Crippen molar-refractivity contribution in [1.82, 2.24) is 20.0 Å². The topological polar surface area (TPSA) is 74.4 Å². The van der Waals surface area contributed by atoms with Crippen LogP contribution < -0.4 is 14.8 Å². The van der Waals surface area contributed by atoms with Gasteiger partial charge in [0.15, 0.2) is 6.61 Å². The summed E-state index contributed by atoms with van der Waals surface area (Å²) < 4.78 is 24.9. The van der Waals surface area contributed by atoms with Crippen LogP contribution in [-0.2, 0) is 4.79 Å². The van der Waals surface area contributed by atoms with Gasteiger partial charge in [0.05, 0.1) is 6.04 Å². The molecule has 0 radical (unpaired) electrons. The van der Waals surface area contributed by atoms with Gasteiger partial charge in [-0.15, -0.1) is 0 Å². The number of hydrogen-bond acceptors (Lipinski definition) is 6. The summed E-state index contributed by atoms with van der Waals surface area (Å²) in [5.74, 6) is 0.541. The van der Waals surface area contributed by atoms with E-state index in [0.29, 0.717) is 36.8 Å². The molecule has 0 aromatic heterocycles. The number of hydrogen-bond donors (Lipinski definition) is 1. The summed E-state index contributed by atoms with van der Waals surface area (Å²) in [5, 5.41) is 4.32. The highest BCUT2D eigenvalue weighted by Gasteiger charge is 2.43. The first-order valence-electron chi connectivity index (χ1n) is 14.4. The van der Waals surface area contributed by atoms with Gasteiger partial charge in [0.2, 0.25) is 0 Å². The van der Waals surface area contributed by atoms with Crippen molar-refractivity contribution in [2.45, 2.75) is 25.4 Å². The van der Waals surface area contributed by atoms with Crippen LogP contribution in [0.1, 0.15) is 24.9 Å². The van der Waals surface area contributed by atoms with Gasteiger partial charge in [-0.1, -0.05) is 42.8 Å². The molecule has 0 saturated carbocycles. The van der Waals surface area contributed by atoms with Gasteiger partial charge in [-0.05, 0) is 66.6 Å². The predicted octanol–water partition coefficient (Wildman–Crippen LogP) is 4.85. The molecule has 2 aromatic rings. The minimum atomic E-state index is -0.520. The van der Waals surface area contributed by atoms with Gasteiger partial charge in [-0.2, -0.15) is 0 Å². The predicted molar refractivity (Wildman–Crippen MR) is 158 cm³/mol. The van der Waals surface area contributed by atoms with Crippen molar-refractivity contribution >= 4 is 23.6 Å². The second kappa shape index (κ2) is 12.2. The molecule has 10 heteroatoms. The molecule has 3 aliphatic heterocycles. The Labute approximate surface area is 250 Å². The Morgan fingerprint density at radius 3 is 2.43 bits per heavy atom. The summed E-state index contributed by atoms with van der Waals surface area (Å²) in [6.45, 7) is 6.72. The highest BCUT2D eigenvalue weighted by molar-refractivity contribution is 6.31. The van der Waals surface area contributed by atoms with Gasteiger partial charge in [-0.25, -0.2) is 9.18 Å². The molecule has 1 N–H and O–H groups in total. The molecule has 0 bridgehead atoms. The Hall–Kier alpha value is -3.82. The fourth-order valence-electron chi connectivity index (χ4n) is 6.14. The minimum Gasteiger partial charge on any atom is -0.484 e. The smallest absolute Gasteiger partial charge is 0.416 e. The lowest BCUT2D eigenvalue weighted by atomic mass is 9.85. The number of nitrogens with zero attached hydrogens (tertiary/aromatic N) is 3. The molecule has 8 nitrogen and oxygen atoms in total. The number of carbonyl (C=O) groups is 2. The lowest BCUT2D eigenvalue weighted by molar-refractivity contribution is -0.135. The number of allylic oxidation sites excluding steroid dienone is 2. The average molecular weight is 593 g/mol. The van der Waals surface area contributed by atoms with Crippen molar-refractivity contribution in [3.8, 4) is 11.5 Å². The van der Waals surface area contributed by atoms with Gasteiger partial charge < -0.3 is 24.6 Å². The van der Waals surface area contributed by atoms with E-state index in [-0.39, 0.29) is 30.2 Å². The zero-order chi connectivity index (χ0) is 29.2. The first-order valence-corrected chi connectivity index (χ1v) is 14.8. The number of nitrogens with one attached hydrogen (secondary N) is 1. The molecule has 2 amide bonds. The summed E-state index contributed by atoms with van der Waals surface area (Å²) in [7, 11) is 0. The molecule has 6 rings (SSSR count). The van der Waals surface area contributed by atoms with Crippen LogP contribution in [0.4, 0.5) is 9.18 Å². The highest BCUT2D eigenvalue weighted by atomic mass is 35.5. The van der Waals surface area contributed by atoms with Crippen molar-refractivity contribution in [3.63, 3.8) is 0 Å². The zero-order valence-electron chi connectivity index (χ0n) is 23.5. The van der Waals surface area contributed by atoms with Gasteiger partial charge >= 0.3 is 6.09 Å². The Morgan fingerprint density at radius 2 is 1.71 bits per heavy atom. The van der Waals surface area contributed by atoms with E-state index in [0.717, 1.165) is 30.9 Å². The maximum absolute atomic E-state index is 13.5. The average Bonchev–Trinajstić information content (AvgIpc) is 3.38. The van der Waals surface area contributed by atoms with Crippen molar-refractivity contribution in [1.29, 1.82) is 0 Å². The third-order valence-electron chi connectivity index (χ3n) is 8.45. The molecule has 2 aromatic carbocycles. The second-order valence-electron chi connectivity index (χ2n) is 10.9. The van der Waals surface area contributed by atoms with Crippen LogP contribution in [0.3, 0.4) is 0 Å². The summed E-state index contributed by atoms with van der Waals surface area (Å²) in [5.41, 5.74) is 3.04. The number of ether oxygens (including phenoxy) is 2. The van der Waals surface area contributed by atoms with E-state index in [9.17, 15) is 14.0 Å². The van der Waals surface area contributed by atoms with E-state index in [1.807, 2.05) is 35.2 Å². The highest BCUT2D eigenvalue weighted by Crippen LogP contribution is 2.45. The molecule has 220 valence electrons. The van der Waals surface area contributed by atoms with Crippen LogP contribution >= 0.6 is 11.6 Å². The van der Waals surface area contributed by atoms with Crippen molar-refractivity contribution in [3.05, 3.63) is 94.4 Å². The van der Waals surface area contributed by atoms with Gasteiger partial charge in [0.1, 0.15) is 23.4 Å². The standard InChI is InChI=1S/C32H34ClFN4O4/c1-2-36-15-17-37(18-16-36)29(39)20-41-24-8-3-21(4-9-24)31-30-26(27-19-22(33)5-12-28(27)35-30)13-14-38(31)32(40)42-25-10-6-23(34)7-11-25/h3-12,19,27-28,31,35H,2,13-18,20H2,1H3. The van der Waals surface area contributed by atoms with Crippen molar-refractivity contribution in [2.24, 2.45) is 5.92 Å². The molecule has 0 spiro atoms. The maximum atomic E-state index is 13.5. The number of halogens is 2. The summed E-state index contributed by atoms with van der Waals surface area (Å²) >= 11 is 6.35. The van der Waals surface area contributed by atoms with Crippen molar-refractivity contribution in [2.75, 3.05) is 45.9 Å². The third kappa shape index (κ3) is 5.89. The fourth-order valence-corrected chi connectivity index (χ4v) is 6.34. The number of amides is 2. The fraction of sp³-hybridized carbons (Fsp3) is 0.375. The summed E-state index contributed by atoms with van der Waals surface area (Å²) in [4.78, 5) is 32.0. The Bertz CT molecular complexity index is 1420. The number of likely N-dealkylation sites (N-methyl/N-ethyl adjacent to an activating group) is 1. The van der Waals surface area contributed by atoms with Crippen LogP contribution in [0.5, 0.6) is 11.5 Å². The molecule has 42 heavy (non-hydrogen) atoms. The molecule has 1 fully saturated rings. The molecule has 1 saturated heterocycles. The molecule has 4 aliphatic rings. The van der Waals surface area contributed by atoms with Gasteiger partial charge in [-0.3, -0.25) is 9.69 Å². The summed E-state index contributed by atoms with van der Waals surface area (Å²) in [6.07, 6.45) is 6.15. The molecular weight excluding hydrogens is 559 g/mol. The summed E-state index contributed by atoms with van der Waals surface area (Å²) in [6, 6.07) is 12.5. The van der Waals surface area contributed by atoms with E-state index in [1.54, 1.807) is 4.90 Å². The lowest BCUT2D eigenvalue weighted by Gasteiger charge is -2.37. The first-order chi connectivity index (χ1) is 20.4. The Kier molecular flexibility index (Phi) is 8.22. The molecular formula is C32H34ClFN4O4. The molecule has 3 heterocycles. The van der Waals surface area contributed by atoms with E-state index in [4.69, 9.17) is 21.1 Å². The van der Waals surface area contributed by atoms with Crippen LogP contribution in [0, 0.1) is 11.7 Å². The van der Waals surface area contributed by atoms with E-state index in [1.165, 1.54) is 29.8 Å². The quantitative estimate of drug-likeness (QED) is 0.517. The Balaban J connectivity index is 1.20. The third-order valence-corrected chi connectivity index (χ3v) is 8.70. The SMILES string of the molecule is CCN1CCN(C(=O)COc2ccc(C3C4=C(CCN3C(=O)Oc3ccc(F)cc3)C3C=C(Cl)C=CC3N4)cc2)CC1. The monoisotopic (exact) mass is 592 g/mol. The van der Waals surface area contributed by atoms with E-state index in [2.05, 4.69) is 29.3 Å². The van der Waals surface area contributed by atoms with Crippen LogP contribution in [0.25, 0.3) is 0 Å². The molecule has 3 atom stereocenters. The second-order valence-corrected chi connectivity index (χ2v) is 11.3. The Morgan fingerprint density at radius 1 is 1.00 bits per heavy atom. The number of benzene rings is 2. The van der Waals surface area contributed by atoms with Gasteiger partial charge in [0.25, 0.3) is 5.91 Å². The maximum Gasteiger partial charge on any atom is 0.416 e. The van der Waals surface area contributed by atoms with Crippen LogP contribution in [-0.4, -0.2) is 78.6 Å². The van der Waals surface area contributed by atoms with Gasteiger partial charge in [0, 0.05) is 49.4 Å². The molecule has 1 aliphatic carbocycles. The normalized spacial score (nSPS) is 23.6. The largest absolute Gasteiger partial charge is 0.484 e. The van der Waals surface area contributed by atoms with Crippen LogP contribution in [0.15, 0.2) is 83.1 Å². The lowest BCUT2D eigenvalue weighted by Crippen LogP contribution is -2.49. The van der Waals surface area contributed by atoms with E-state index < -0.39 is 18.0 Å². The van der Waals surface area contributed by atoms with Crippen LogP contribution in [0.2, 0.25) is 0 Å². The number of piperazine rings is 1. The van der Waals surface area contributed by atoms with Crippen molar-refractivity contribution < 1.29 is 23.5 Å².